The van der Waals surface area contributed by atoms with E-state index in [0.717, 1.165) is 83.5 Å². The van der Waals surface area contributed by atoms with E-state index in [9.17, 15) is 45.6 Å². The zero-order valence-electron chi connectivity index (χ0n) is 55.6. The molecule has 0 aromatic carbocycles. The fourth-order valence-corrected chi connectivity index (χ4v) is 11.1. The standard InChI is InChI=1S/C75H129NO13/c1-3-5-7-9-11-13-15-17-19-21-23-25-27-28-29-30-31-32-33-34-35-36-37-39-41-43-45-47-49-51-53-55-57-59-67(80)76-63(62-86-74-72(85)70(83)73(66(61-78)88-74)89-75-71(84)69(82)68(81)65(60-77)87-75)64(79)58-56-54-52-50-48-46-44-42-40-38-26-24-22-20-18-16-14-12-10-8-6-4-2/h5,7,11,13,17,19,23,25,28-29,31-32,34-35,48,50,56,58,63-66,68-75,77-79,81-85H,3-4,6,8-10,12,14-16,18,20-22,24,26-27,30,33,36-47,49,51-55,57,59-62H2,1-2H3,(H,76,80)/b7-5-,13-11-,19-17-,25-23-,29-28-,32-31-,35-34-,50-48+,58-56+. The lowest BCUT2D eigenvalue weighted by molar-refractivity contribution is -0.359. The maximum absolute atomic E-state index is 13.3. The highest BCUT2D eigenvalue weighted by Crippen LogP contribution is 2.30. The van der Waals surface area contributed by atoms with E-state index in [1.807, 2.05) is 6.08 Å². The lowest BCUT2D eigenvalue weighted by Crippen LogP contribution is -2.65. The van der Waals surface area contributed by atoms with E-state index in [1.165, 1.54) is 148 Å². The lowest BCUT2D eigenvalue weighted by atomic mass is 9.97. The number of aliphatic hydroxyl groups excluding tert-OH is 8. The number of hydrogen-bond acceptors (Lipinski definition) is 13. The zero-order valence-corrected chi connectivity index (χ0v) is 55.6. The number of unbranched alkanes of at least 4 members (excludes halogenated alkanes) is 28. The summed E-state index contributed by atoms with van der Waals surface area (Å²) in [7, 11) is 0. The minimum atomic E-state index is -1.80. The third-order valence-corrected chi connectivity index (χ3v) is 16.7. The Morgan fingerprint density at radius 1 is 0.416 bits per heavy atom. The van der Waals surface area contributed by atoms with Gasteiger partial charge in [-0.3, -0.25) is 4.79 Å². The number of nitrogens with one attached hydrogen (secondary N) is 1. The summed E-state index contributed by atoms with van der Waals surface area (Å²) in [5, 5.41) is 87.4. The Hall–Kier alpha value is -3.35. The molecular formula is C75H129NO13. The van der Waals surface area contributed by atoms with Gasteiger partial charge in [0, 0.05) is 6.42 Å². The predicted molar refractivity (Wildman–Crippen MR) is 364 cm³/mol. The van der Waals surface area contributed by atoms with Crippen molar-refractivity contribution in [2.75, 3.05) is 19.8 Å². The van der Waals surface area contributed by atoms with Crippen LogP contribution in [-0.2, 0) is 23.7 Å². The number of aliphatic hydroxyl groups is 8. The topological polar surface area (TPSA) is 228 Å². The molecule has 12 atom stereocenters. The van der Waals surface area contributed by atoms with Crippen LogP contribution in [0.15, 0.2) is 109 Å². The van der Waals surface area contributed by atoms with Gasteiger partial charge in [-0.1, -0.05) is 277 Å². The first-order chi connectivity index (χ1) is 43.6. The molecule has 0 radical (unpaired) electrons. The van der Waals surface area contributed by atoms with Crippen molar-refractivity contribution in [3.05, 3.63) is 109 Å². The highest BCUT2D eigenvalue weighted by molar-refractivity contribution is 5.76. The summed E-state index contributed by atoms with van der Waals surface area (Å²) in [6.07, 6.45) is 67.1. The fourth-order valence-electron chi connectivity index (χ4n) is 11.1. The molecule has 9 N–H and O–H groups in total. The van der Waals surface area contributed by atoms with Crippen LogP contribution in [0.2, 0.25) is 0 Å². The highest BCUT2D eigenvalue weighted by atomic mass is 16.7. The Morgan fingerprint density at radius 2 is 0.787 bits per heavy atom. The number of allylic oxidation sites excluding steroid dienone is 17. The van der Waals surface area contributed by atoms with Gasteiger partial charge in [0.25, 0.3) is 0 Å². The summed E-state index contributed by atoms with van der Waals surface area (Å²) in [6, 6.07) is -0.941. The van der Waals surface area contributed by atoms with Gasteiger partial charge in [-0.05, 0) is 89.9 Å². The van der Waals surface area contributed by atoms with Crippen molar-refractivity contribution in [1.82, 2.24) is 5.32 Å². The van der Waals surface area contributed by atoms with Gasteiger partial charge >= 0.3 is 0 Å². The monoisotopic (exact) mass is 1250 g/mol. The Balaban J connectivity index is 1.68. The Morgan fingerprint density at radius 3 is 1.24 bits per heavy atom. The molecule has 14 nitrogen and oxygen atoms in total. The van der Waals surface area contributed by atoms with Crippen molar-refractivity contribution in [2.24, 2.45) is 0 Å². The van der Waals surface area contributed by atoms with E-state index in [4.69, 9.17) is 18.9 Å². The van der Waals surface area contributed by atoms with Crippen molar-refractivity contribution in [1.29, 1.82) is 0 Å². The highest BCUT2D eigenvalue weighted by Gasteiger charge is 2.51. The molecule has 12 unspecified atom stereocenters. The van der Waals surface area contributed by atoms with Crippen molar-refractivity contribution < 1.29 is 64.6 Å². The second-order valence-corrected chi connectivity index (χ2v) is 24.6. The van der Waals surface area contributed by atoms with E-state index in [1.54, 1.807) is 6.08 Å². The van der Waals surface area contributed by atoms with Gasteiger partial charge in [0.15, 0.2) is 12.6 Å². The van der Waals surface area contributed by atoms with Gasteiger partial charge in [0.2, 0.25) is 5.91 Å². The van der Waals surface area contributed by atoms with Gasteiger partial charge < -0.3 is 65.1 Å². The Kier molecular flexibility index (Phi) is 53.7. The van der Waals surface area contributed by atoms with Crippen LogP contribution in [0.1, 0.15) is 264 Å². The molecule has 1 amide bonds. The first-order valence-corrected chi connectivity index (χ1v) is 35.6. The SMILES string of the molecule is CC/C=C\C/C=C\C/C=C\C/C=C\C/C=C\C/C=C\C/C=C\CCCCCCCCCCCCCC(=O)NC(COC1OC(CO)C(OC2OC(CO)C(O)C(O)C2O)C(O)C1O)C(O)/C=C/CC/C=C/CCCCCCCCCCCCCCCCCC. The maximum atomic E-state index is 13.3. The smallest absolute Gasteiger partial charge is 0.220 e. The van der Waals surface area contributed by atoms with Crippen molar-refractivity contribution in [3.63, 3.8) is 0 Å². The third kappa shape index (κ3) is 42.5. The van der Waals surface area contributed by atoms with Crippen LogP contribution >= 0.6 is 0 Å². The average molecular weight is 1250 g/mol. The second kappa shape index (κ2) is 58.5. The minimum absolute atomic E-state index is 0.255. The molecule has 2 aliphatic rings. The summed E-state index contributed by atoms with van der Waals surface area (Å²) in [5.74, 6) is -0.255. The van der Waals surface area contributed by atoms with Gasteiger partial charge in [0.05, 0.1) is 32.0 Å². The molecule has 0 spiro atoms. The molecule has 0 aliphatic carbocycles. The summed E-state index contributed by atoms with van der Waals surface area (Å²) in [4.78, 5) is 13.3. The van der Waals surface area contributed by atoms with Crippen LogP contribution in [0, 0.1) is 0 Å². The van der Waals surface area contributed by atoms with Gasteiger partial charge in [-0.15, -0.1) is 0 Å². The van der Waals surface area contributed by atoms with Crippen molar-refractivity contribution in [2.45, 2.75) is 338 Å². The summed E-state index contributed by atoms with van der Waals surface area (Å²) in [5.41, 5.74) is 0. The lowest BCUT2D eigenvalue weighted by Gasteiger charge is -2.46. The Bertz CT molecular complexity index is 1910. The minimum Gasteiger partial charge on any atom is -0.394 e. The largest absolute Gasteiger partial charge is 0.394 e. The number of ether oxygens (including phenoxy) is 4. The molecule has 2 rings (SSSR count). The Labute approximate surface area is 540 Å². The van der Waals surface area contributed by atoms with E-state index < -0.39 is 86.8 Å². The normalized spacial score (nSPS) is 23.7. The molecule has 89 heavy (non-hydrogen) atoms. The molecular weight excluding hydrogens is 1120 g/mol. The predicted octanol–water partition coefficient (Wildman–Crippen LogP) is 14.7. The molecule has 0 aromatic heterocycles. The molecule has 14 heteroatoms. The van der Waals surface area contributed by atoms with Crippen LogP contribution in [0.4, 0.5) is 0 Å². The summed E-state index contributed by atoms with van der Waals surface area (Å²) >= 11 is 0. The zero-order chi connectivity index (χ0) is 64.5. The van der Waals surface area contributed by atoms with Gasteiger partial charge in [-0.25, -0.2) is 0 Å². The third-order valence-electron chi connectivity index (χ3n) is 16.7. The van der Waals surface area contributed by atoms with Crippen LogP contribution in [0.5, 0.6) is 0 Å². The number of amides is 1. The van der Waals surface area contributed by atoms with Crippen LogP contribution in [0.3, 0.4) is 0 Å². The second-order valence-electron chi connectivity index (χ2n) is 24.6. The first-order valence-electron chi connectivity index (χ1n) is 35.6. The van der Waals surface area contributed by atoms with E-state index in [-0.39, 0.29) is 18.9 Å². The number of carbonyl (C=O) groups is 1. The van der Waals surface area contributed by atoms with Crippen LogP contribution in [-0.4, -0.2) is 140 Å². The first kappa shape index (κ1) is 81.7. The molecule has 0 saturated carbocycles. The molecule has 2 saturated heterocycles. The van der Waals surface area contributed by atoms with Gasteiger partial charge in [-0.2, -0.15) is 0 Å². The van der Waals surface area contributed by atoms with Crippen LogP contribution < -0.4 is 5.32 Å². The quantitative estimate of drug-likeness (QED) is 0.0204. The van der Waals surface area contributed by atoms with Crippen molar-refractivity contribution in [3.8, 4) is 0 Å². The number of carbonyl (C=O) groups excluding carboxylic acids is 1. The molecule has 512 valence electrons. The number of hydrogen-bond donors (Lipinski definition) is 9. The fraction of sp³-hybridized carbons (Fsp3) is 0.747. The maximum Gasteiger partial charge on any atom is 0.220 e. The summed E-state index contributed by atoms with van der Waals surface area (Å²) in [6.45, 7) is 2.68. The van der Waals surface area contributed by atoms with Gasteiger partial charge in [0.1, 0.15) is 48.8 Å². The van der Waals surface area contributed by atoms with E-state index in [0.29, 0.717) is 12.8 Å². The van der Waals surface area contributed by atoms with Crippen molar-refractivity contribution >= 4 is 5.91 Å². The van der Waals surface area contributed by atoms with Crippen LogP contribution in [0.25, 0.3) is 0 Å². The van der Waals surface area contributed by atoms with E-state index in [2.05, 4.69) is 116 Å². The van der Waals surface area contributed by atoms with E-state index >= 15 is 0 Å². The summed E-state index contributed by atoms with van der Waals surface area (Å²) < 4.78 is 22.8. The molecule has 2 fully saturated rings. The molecule has 2 aliphatic heterocycles. The molecule has 0 bridgehead atoms. The average Bonchev–Trinajstić information content (AvgIpc) is 2.75. The number of rotatable bonds is 57. The molecule has 0 aromatic rings. The molecule has 2 heterocycles.